The molecule has 1 saturated carbocycles. The number of hydrogen-bond acceptors (Lipinski definition) is 2. The largest absolute Gasteiger partial charge is 0.330 e. The smallest absolute Gasteiger partial charge is 0.00671 e. The summed E-state index contributed by atoms with van der Waals surface area (Å²) < 4.78 is 0. The van der Waals surface area contributed by atoms with Crippen molar-refractivity contribution in [2.24, 2.45) is 23.5 Å². The lowest BCUT2D eigenvalue weighted by molar-refractivity contribution is 0.314. The molecule has 0 radical (unpaired) electrons. The third-order valence-electron chi connectivity index (χ3n) is 4.05. The number of hydrogen-bond donors (Lipinski definition) is 2. The van der Waals surface area contributed by atoms with Crippen LogP contribution in [0, 0.1) is 17.8 Å². The van der Waals surface area contributed by atoms with Crippen molar-refractivity contribution in [3.8, 4) is 0 Å². The van der Waals surface area contributed by atoms with Gasteiger partial charge < -0.3 is 11.1 Å². The Bertz CT molecular complexity index is 162. The number of nitrogens with one attached hydrogen (secondary N) is 1. The number of rotatable bonds is 6. The molecule has 1 aliphatic carbocycles. The van der Waals surface area contributed by atoms with Crippen LogP contribution in [0.1, 0.15) is 46.5 Å². The highest BCUT2D eigenvalue weighted by Gasteiger charge is 2.22. The molecular weight excluding hydrogens is 184 g/mol. The van der Waals surface area contributed by atoms with Gasteiger partial charge in [0.25, 0.3) is 0 Å². The summed E-state index contributed by atoms with van der Waals surface area (Å²) in [4.78, 5) is 0. The van der Waals surface area contributed by atoms with E-state index >= 15 is 0 Å². The van der Waals surface area contributed by atoms with Crippen molar-refractivity contribution < 1.29 is 0 Å². The number of nitrogens with two attached hydrogens (primary N) is 1. The fourth-order valence-corrected chi connectivity index (χ4v) is 2.55. The average molecular weight is 212 g/mol. The van der Waals surface area contributed by atoms with E-state index in [4.69, 9.17) is 5.73 Å². The fraction of sp³-hybridized carbons (Fsp3) is 1.00. The highest BCUT2D eigenvalue weighted by Crippen LogP contribution is 2.27. The first kappa shape index (κ1) is 13.0. The topological polar surface area (TPSA) is 38.0 Å². The molecule has 90 valence electrons. The van der Waals surface area contributed by atoms with Gasteiger partial charge in [-0.1, -0.05) is 26.7 Å². The molecule has 0 aliphatic heterocycles. The van der Waals surface area contributed by atoms with E-state index in [9.17, 15) is 0 Å². The molecule has 0 aromatic carbocycles. The highest BCUT2D eigenvalue weighted by molar-refractivity contribution is 4.78. The summed E-state index contributed by atoms with van der Waals surface area (Å²) in [6.45, 7) is 8.76. The van der Waals surface area contributed by atoms with Crippen LogP contribution in [0.15, 0.2) is 0 Å². The van der Waals surface area contributed by atoms with Gasteiger partial charge >= 0.3 is 0 Å². The molecule has 2 atom stereocenters. The first-order chi connectivity index (χ1) is 7.15. The Morgan fingerprint density at radius 3 is 2.27 bits per heavy atom. The maximum Gasteiger partial charge on any atom is 0.00671 e. The Labute approximate surface area is 95.0 Å². The van der Waals surface area contributed by atoms with Gasteiger partial charge in [-0.25, -0.2) is 0 Å². The maximum atomic E-state index is 5.77. The standard InChI is InChI=1S/C13H28N2/c1-10(2)13(8-14)9-15-11(3)12-6-4-5-7-12/h10-13,15H,4-9,14H2,1-3H3/t11-,13?/m0/s1. The van der Waals surface area contributed by atoms with Crippen LogP contribution in [-0.2, 0) is 0 Å². The Hall–Kier alpha value is -0.0800. The minimum absolute atomic E-state index is 0.633. The van der Waals surface area contributed by atoms with Crippen molar-refractivity contribution in [1.29, 1.82) is 0 Å². The predicted molar refractivity (Wildman–Crippen MR) is 66.8 cm³/mol. The molecule has 0 bridgehead atoms. The molecule has 15 heavy (non-hydrogen) atoms. The lowest BCUT2D eigenvalue weighted by Gasteiger charge is -2.25. The minimum Gasteiger partial charge on any atom is -0.330 e. The molecule has 1 rings (SSSR count). The average Bonchev–Trinajstić information content (AvgIpc) is 2.70. The molecular formula is C13H28N2. The second-order valence-corrected chi connectivity index (χ2v) is 5.48. The molecule has 1 fully saturated rings. The summed E-state index contributed by atoms with van der Waals surface area (Å²) in [5.41, 5.74) is 5.77. The van der Waals surface area contributed by atoms with Gasteiger partial charge in [0, 0.05) is 6.04 Å². The second kappa shape index (κ2) is 6.49. The second-order valence-electron chi connectivity index (χ2n) is 5.48. The molecule has 2 nitrogen and oxygen atoms in total. The van der Waals surface area contributed by atoms with E-state index in [1.165, 1.54) is 25.7 Å². The van der Waals surface area contributed by atoms with Crippen LogP contribution in [0.3, 0.4) is 0 Å². The van der Waals surface area contributed by atoms with Crippen LogP contribution in [0.2, 0.25) is 0 Å². The van der Waals surface area contributed by atoms with Gasteiger partial charge in [0.2, 0.25) is 0 Å². The zero-order chi connectivity index (χ0) is 11.3. The lowest BCUT2D eigenvalue weighted by atomic mass is 9.94. The van der Waals surface area contributed by atoms with Crippen LogP contribution < -0.4 is 11.1 Å². The van der Waals surface area contributed by atoms with E-state index in [-0.39, 0.29) is 0 Å². The molecule has 2 heteroatoms. The Morgan fingerprint density at radius 2 is 1.80 bits per heavy atom. The predicted octanol–water partition coefficient (Wildman–Crippen LogP) is 2.39. The Morgan fingerprint density at radius 1 is 1.20 bits per heavy atom. The zero-order valence-electron chi connectivity index (χ0n) is 10.6. The van der Waals surface area contributed by atoms with E-state index in [0.717, 1.165) is 19.0 Å². The fourth-order valence-electron chi connectivity index (χ4n) is 2.55. The molecule has 0 heterocycles. The van der Waals surface area contributed by atoms with Crippen molar-refractivity contribution in [1.82, 2.24) is 5.32 Å². The van der Waals surface area contributed by atoms with Crippen LogP contribution in [-0.4, -0.2) is 19.1 Å². The Kier molecular flexibility index (Phi) is 5.62. The van der Waals surface area contributed by atoms with Gasteiger partial charge in [0.05, 0.1) is 0 Å². The lowest BCUT2D eigenvalue weighted by Crippen LogP contribution is -2.39. The molecule has 0 spiro atoms. The van der Waals surface area contributed by atoms with Crippen LogP contribution in [0.4, 0.5) is 0 Å². The van der Waals surface area contributed by atoms with Crippen LogP contribution in [0.5, 0.6) is 0 Å². The van der Waals surface area contributed by atoms with Gasteiger partial charge in [-0.15, -0.1) is 0 Å². The van der Waals surface area contributed by atoms with Crippen LogP contribution in [0.25, 0.3) is 0 Å². The summed E-state index contributed by atoms with van der Waals surface area (Å²) in [5, 5.41) is 3.68. The summed E-state index contributed by atoms with van der Waals surface area (Å²) >= 11 is 0. The van der Waals surface area contributed by atoms with Crippen molar-refractivity contribution >= 4 is 0 Å². The van der Waals surface area contributed by atoms with Crippen molar-refractivity contribution in [2.45, 2.75) is 52.5 Å². The first-order valence-electron chi connectivity index (χ1n) is 6.58. The van der Waals surface area contributed by atoms with E-state index in [1.54, 1.807) is 0 Å². The third kappa shape index (κ3) is 4.12. The van der Waals surface area contributed by atoms with E-state index in [1.807, 2.05) is 0 Å². The van der Waals surface area contributed by atoms with E-state index < -0.39 is 0 Å². The molecule has 0 amide bonds. The molecule has 3 N–H and O–H groups in total. The Balaban J connectivity index is 2.22. The summed E-state index contributed by atoms with van der Waals surface area (Å²) in [6, 6.07) is 0.681. The van der Waals surface area contributed by atoms with Crippen molar-refractivity contribution in [2.75, 3.05) is 13.1 Å². The molecule has 1 unspecified atom stereocenters. The van der Waals surface area contributed by atoms with Gasteiger partial charge in [-0.05, 0) is 50.6 Å². The summed E-state index contributed by atoms with van der Waals surface area (Å²) in [7, 11) is 0. The zero-order valence-corrected chi connectivity index (χ0v) is 10.6. The van der Waals surface area contributed by atoms with Gasteiger partial charge in [-0.3, -0.25) is 0 Å². The summed E-state index contributed by atoms with van der Waals surface area (Å²) in [6.07, 6.45) is 5.70. The van der Waals surface area contributed by atoms with Gasteiger partial charge in [-0.2, -0.15) is 0 Å². The van der Waals surface area contributed by atoms with E-state index in [2.05, 4.69) is 26.1 Å². The molecule has 0 aromatic rings. The van der Waals surface area contributed by atoms with Crippen molar-refractivity contribution in [3.05, 3.63) is 0 Å². The molecule has 0 saturated heterocycles. The first-order valence-corrected chi connectivity index (χ1v) is 6.58. The SMILES string of the molecule is CC(C)C(CN)CN[C@@H](C)C1CCCC1. The monoisotopic (exact) mass is 212 g/mol. The maximum absolute atomic E-state index is 5.77. The van der Waals surface area contributed by atoms with Crippen molar-refractivity contribution in [3.63, 3.8) is 0 Å². The quantitative estimate of drug-likeness (QED) is 0.709. The third-order valence-corrected chi connectivity index (χ3v) is 4.05. The van der Waals surface area contributed by atoms with Gasteiger partial charge in [0.15, 0.2) is 0 Å². The molecule has 1 aliphatic rings. The van der Waals surface area contributed by atoms with E-state index in [0.29, 0.717) is 17.9 Å². The van der Waals surface area contributed by atoms with Gasteiger partial charge in [0.1, 0.15) is 0 Å². The minimum atomic E-state index is 0.633. The summed E-state index contributed by atoms with van der Waals surface area (Å²) in [5.74, 6) is 2.24. The normalized spacial score (nSPS) is 22.2. The van der Waals surface area contributed by atoms with Crippen LogP contribution >= 0.6 is 0 Å². The molecule has 0 aromatic heterocycles. The highest BCUT2D eigenvalue weighted by atomic mass is 14.9.